The maximum Gasteiger partial charge on any atom is 0.143 e. The van der Waals surface area contributed by atoms with Gasteiger partial charge in [-0.2, -0.15) is 0 Å². The second-order valence-corrected chi connectivity index (χ2v) is 4.55. The van der Waals surface area contributed by atoms with E-state index in [2.05, 4.69) is 5.16 Å². The predicted octanol–water partition coefficient (Wildman–Crippen LogP) is 3.90. The van der Waals surface area contributed by atoms with Gasteiger partial charge in [-0.05, 0) is 36.4 Å². The summed E-state index contributed by atoms with van der Waals surface area (Å²) in [4.78, 5) is 5.07. The molecule has 0 amide bonds. The van der Waals surface area contributed by atoms with Crippen LogP contribution in [0.5, 0.6) is 0 Å². The normalized spacial score (nSPS) is 13.5. The van der Waals surface area contributed by atoms with E-state index in [0.29, 0.717) is 16.8 Å². The molecule has 0 aliphatic carbocycles. The van der Waals surface area contributed by atoms with Crippen LogP contribution < -0.4 is 0 Å². The highest BCUT2D eigenvalue weighted by molar-refractivity contribution is 6.31. The van der Waals surface area contributed by atoms with Crippen molar-refractivity contribution in [2.24, 2.45) is 5.16 Å². The summed E-state index contributed by atoms with van der Waals surface area (Å²) < 4.78 is 26.3. The first-order chi connectivity index (χ1) is 9.15. The van der Waals surface area contributed by atoms with E-state index in [9.17, 15) is 8.78 Å². The van der Waals surface area contributed by atoms with E-state index in [-0.39, 0.29) is 17.4 Å². The van der Waals surface area contributed by atoms with E-state index in [4.69, 9.17) is 16.4 Å². The van der Waals surface area contributed by atoms with Gasteiger partial charge in [-0.3, -0.25) is 0 Å². The van der Waals surface area contributed by atoms with Gasteiger partial charge in [0.05, 0.1) is 5.02 Å². The van der Waals surface area contributed by atoms with Crippen LogP contribution >= 0.6 is 11.6 Å². The van der Waals surface area contributed by atoms with Crippen LogP contribution in [0.1, 0.15) is 16.7 Å². The van der Waals surface area contributed by atoms with Crippen LogP contribution in [-0.4, -0.2) is 5.71 Å². The number of nitrogens with zero attached hydrogens (tertiary/aromatic N) is 1. The first-order valence-electron chi connectivity index (χ1n) is 5.59. The fourth-order valence-electron chi connectivity index (χ4n) is 1.98. The van der Waals surface area contributed by atoms with Crippen molar-refractivity contribution < 1.29 is 13.6 Å². The fraction of sp³-hybridized carbons (Fsp3) is 0.0714. The lowest BCUT2D eigenvalue weighted by Gasteiger charge is -2.16. The predicted molar refractivity (Wildman–Crippen MR) is 68.2 cm³/mol. The lowest BCUT2D eigenvalue weighted by molar-refractivity contribution is 0.126. The Balaban J connectivity index is 2.11. The van der Waals surface area contributed by atoms with Crippen molar-refractivity contribution in [3.05, 3.63) is 69.7 Å². The molecule has 3 rings (SSSR count). The molecule has 1 heterocycles. The Morgan fingerprint density at radius 1 is 1.11 bits per heavy atom. The van der Waals surface area contributed by atoms with Crippen molar-refractivity contribution in [3.8, 4) is 0 Å². The number of benzene rings is 2. The molecule has 2 aromatic rings. The standard InChI is InChI=1S/C14H8ClF2NO/c15-12-6-8(1-4-13(12)17)14-11-3-2-10(16)5-9(11)7-19-18-14/h1-6H,7H2. The van der Waals surface area contributed by atoms with Crippen LogP contribution in [0.15, 0.2) is 41.6 Å². The van der Waals surface area contributed by atoms with Crippen LogP contribution in [0.25, 0.3) is 0 Å². The molecular formula is C14H8ClF2NO. The fourth-order valence-corrected chi connectivity index (χ4v) is 2.16. The zero-order valence-corrected chi connectivity index (χ0v) is 10.4. The summed E-state index contributed by atoms with van der Waals surface area (Å²) in [5, 5.41) is 3.96. The summed E-state index contributed by atoms with van der Waals surface area (Å²) in [6.45, 7) is 0.214. The van der Waals surface area contributed by atoms with Crippen molar-refractivity contribution >= 4 is 17.3 Å². The highest BCUT2D eigenvalue weighted by Crippen LogP contribution is 2.24. The highest BCUT2D eigenvalue weighted by atomic mass is 35.5. The monoisotopic (exact) mass is 279 g/mol. The van der Waals surface area contributed by atoms with Crippen molar-refractivity contribution in [3.63, 3.8) is 0 Å². The van der Waals surface area contributed by atoms with Crippen molar-refractivity contribution in [1.82, 2.24) is 0 Å². The summed E-state index contributed by atoms with van der Waals surface area (Å²) in [6, 6.07) is 8.67. The average Bonchev–Trinajstić information content (AvgIpc) is 2.41. The molecule has 1 aliphatic rings. The molecule has 0 atom stereocenters. The Labute approximate surface area is 113 Å². The van der Waals surface area contributed by atoms with Crippen LogP contribution in [0.3, 0.4) is 0 Å². The van der Waals surface area contributed by atoms with Gasteiger partial charge >= 0.3 is 0 Å². The number of halogens is 3. The third-order valence-electron chi connectivity index (χ3n) is 2.89. The van der Waals surface area contributed by atoms with Gasteiger partial charge in [0.15, 0.2) is 0 Å². The third kappa shape index (κ3) is 2.19. The van der Waals surface area contributed by atoms with Crippen molar-refractivity contribution in [2.75, 3.05) is 0 Å². The maximum absolute atomic E-state index is 13.2. The van der Waals surface area contributed by atoms with E-state index < -0.39 is 5.82 Å². The van der Waals surface area contributed by atoms with Gasteiger partial charge in [-0.1, -0.05) is 16.8 Å². The molecule has 19 heavy (non-hydrogen) atoms. The molecule has 5 heteroatoms. The van der Waals surface area contributed by atoms with Crippen LogP contribution in [-0.2, 0) is 11.4 Å². The van der Waals surface area contributed by atoms with Crippen molar-refractivity contribution in [1.29, 1.82) is 0 Å². The molecule has 0 fully saturated rings. The molecule has 0 saturated heterocycles. The molecule has 0 saturated carbocycles. The van der Waals surface area contributed by atoms with Gasteiger partial charge < -0.3 is 4.84 Å². The lowest BCUT2D eigenvalue weighted by atomic mass is 9.97. The molecule has 1 aliphatic heterocycles. The van der Waals surface area contributed by atoms with Gasteiger partial charge in [0.25, 0.3) is 0 Å². The molecule has 0 N–H and O–H groups in total. The molecule has 0 aromatic heterocycles. The Hall–Kier alpha value is -1.94. The third-order valence-corrected chi connectivity index (χ3v) is 3.18. The van der Waals surface area contributed by atoms with Crippen LogP contribution in [0.4, 0.5) is 8.78 Å². The zero-order chi connectivity index (χ0) is 13.4. The minimum Gasteiger partial charge on any atom is -0.390 e. The highest BCUT2D eigenvalue weighted by Gasteiger charge is 2.18. The first kappa shape index (κ1) is 12.1. The Morgan fingerprint density at radius 3 is 2.74 bits per heavy atom. The number of hydrogen-bond donors (Lipinski definition) is 0. The SMILES string of the molecule is Fc1ccc2c(c1)CON=C2c1ccc(F)c(Cl)c1. The van der Waals surface area contributed by atoms with Gasteiger partial charge in [0.1, 0.15) is 24.0 Å². The minimum absolute atomic E-state index is 0.00874. The second-order valence-electron chi connectivity index (χ2n) is 4.14. The van der Waals surface area contributed by atoms with Gasteiger partial charge in [0, 0.05) is 16.7 Å². The summed E-state index contributed by atoms with van der Waals surface area (Å²) >= 11 is 5.75. The minimum atomic E-state index is -0.498. The maximum atomic E-state index is 13.2. The Bertz CT molecular complexity index is 685. The Morgan fingerprint density at radius 2 is 1.95 bits per heavy atom. The smallest absolute Gasteiger partial charge is 0.143 e. The first-order valence-corrected chi connectivity index (χ1v) is 5.97. The van der Waals surface area contributed by atoms with E-state index in [1.807, 2.05) is 0 Å². The van der Waals surface area contributed by atoms with Gasteiger partial charge in [-0.25, -0.2) is 8.78 Å². The largest absolute Gasteiger partial charge is 0.390 e. The molecule has 0 spiro atoms. The molecular weight excluding hydrogens is 272 g/mol. The van der Waals surface area contributed by atoms with E-state index in [0.717, 1.165) is 5.56 Å². The summed E-state index contributed by atoms with van der Waals surface area (Å²) in [5.41, 5.74) is 2.60. The molecule has 0 bridgehead atoms. The summed E-state index contributed by atoms with van der Waals surface area (Å²) in [5.74, 6) is -0.831. The zero-order valence-electron chi connectivity index (χ0n) is 9.66. The van der Waals surface area contributed by atoms with E-state index in [1.165, 1.54) is 24.3 Å². The van der Waals surface area contributed by atoms with Crippen LogP contribution in [0.2, 0.25) is 5.02 Å². The van der Waals surface area contributed by atoms with Crippen molar-refractivity contribution in [2.45, 2.75) is 6.61 Å². The number of rotatable bonds is 1. The van der Waals surface area contributed by atoms with Gasteiger partial charge in [0.2, 0.25) is 0 Å². The Kier molecular flexibility index (Phi) is 2.95. The quantitative estimate of drug-likeness (QED) is 0.776. The summed E-state index contributed by atoms with van der Waals surface area (Å²) in [7, 11) is 0. The molecule has 0 unspecified atom stereocenters. The van der Waals surface area contributed by atoms with Crippen LogP contribution in [0, 0.1) is 11.6 Å². The second kappa shape index (κ2) is 4.63. The number of oxime groups is 1. The van der Waals surface area contributed by atoms with Gasteiger partial charge in [-0.15, -0.1) is 0 Å². The molecule has 96 valence electrons. The summed E-state index contributed by atoms with van der Waals surface area (Å²) in [6.07, 6.45) is 0. The number of hydrogen-bond acceptors (Lipinski definition) is 2. The lowest BCUT2D eigenvalue weighted by Crippen LogP contribution is -2.13. The topological polar surface area (TPSA) is 21.6 Å². The molecule has 2 nitrogen and oxygen atoms in total. The average molecular weight is 280 g/mol. The molecule has 0 radical (unpaired) electrons. The van der Waals surface area contributed by atoms with E-state index in [1.54, 1.807) is 12.1 Å². The van der Waals surface area contributed by atoms with E-state index >= 15 is 0 Å². The molecule has 2 aromatic carbocycles. The number of fused-ring (bicyclic) bond motifs is 1.